The Morgan fingerprint density at radius 2 is 2.19 bits per heavy atom. The van der Waals surface area contributed by atoms with Crippen LogP contribution in [0.1, 0.15) is 33.2 Å². The molecule has 0 radical (unpaired) electrons. The van der Waals surface area contributed by atoms with Gasteiger partial charge in [0.15, 0.2) is 5.13 Å². The summed E-state index contributed by atoms with van der Waals surface area (Å²) in [6, 6.07) is 6.47. The Hall–Kier alpha value is -3.13. The van der Waals surface area contributed by atoms with Crippen molar-refractivity contribution < 1.29 is 14.0 Å². The van der Waals surface area contributed by atoms with Crippen molar-refractivity contribution in [3.63, 3.8) is 0 Å². The first kappa shape index (κ1) is 17.3. The third-order valence-corrected chi connectivity index (χ3v) is 4.99. The molecule has 3 aromatic rings. The normalized spacial score (nSPS) is 14.1. The number of hydrogen-bond donors (Lipinski definition) is 1. The fourth-order valence-corrected chi connectivity index (χ4v) is 3.65. The van der Waals surface area contributed by atoms with Crippen LogP contribution in [0.3, 0.4) is 0 Å². The van der Waals surface area contributed by atoms with E-state index in [-0.39, 0.29) is 12.5 Å². The zero-order chi connectivity index (χ0) is 19.0. The maximum atomic E-state index is 13.8. The molecule has 0 fully saturated rings. The molecule has 1 aliphatic heterocycles. The van der Waals surface area contributed by atoms with E-state index in [1.807, 2.05) is 6.92 Å². The predicted octanol–water partition coefficient (Wildman–Crippen LogP) is 3.32. The number of thiazole rings is 1. The molecule has 2 aromatic heterocycles. The van der Waals surface area contributed by atoms with Crippen molar-refractivity contribution in [3.8, 4) is 0 Å². The van der Waals surface area contributed by atoms with E-state index in [4.69, 9.17) is 0 Å². The molecule has 0 saturated heterocycles. The summed E-state index contributed by atoms with van der Waals surface area (Å²) < 4.78 is 13.8. The molecule has 136 valence electrons. The third-order valence-electron chi connectivity index (χ3n) is 4.31. The maximum absolute atomic E-state index is 13.8. The lowest BCUT2D eigenvalue weighted by Crippen LogP contribution is -2.37. The quantitative estimate of drug-likeness (QED) is 0.751. The Labute approximate surface area is 158 Å². The van der Waals surface area contributed by atoms with E-state index in [1.54, 1.807) is 29.9 Å². The highest BCUT2D eigenvalue weighted by molar-refractivity contribution is 7.13. The van der Waals surface area contributed by atoms with Gasteiger partial charge in [0, 0.05) is 17.8 Å². The summed E-state index contributed by atoms with van der Waals surface area (Å²) >= 11 is 1.27. The van der Waals surface area contributed by atoms with Gasteiger partial charge in [0.05, 0.1) is 17.8 Å². The lowest BCUT2D eigenvalue weighted by atomic mass is 10.0. The number of fused-ring (bicyclic) bond motifs is 1. The van der Waals surface area contributed by atoms with Crippen LogP contribution in [0.25, 0.3) is 0 Å². The first-order valence-electron chi connectivity index (χ1n) is 8.25. The van der Waals surface area contributed by atoms with Gasteiger partial charge in [-0.05, 0) is 36.2 Å². The number of anilines is 1. The Morgan fingerprint density at radius 3 is 2.93 bits per heavy atom. The van der Waals surface area contributed by atoms with Crippen LogP contribution in [0.2, 0.25) is 0 Å². The van der Waals surface area contributed by atoms with Gasteiger partial charge in [-0.15, -0.1) is 11.3 Å². The number of amides is 2. The molecule has 0 aliphatic carbocycles. The van der Waals surface area contributed by atoms with Gasteiger partial charge in [0.2, 0.25) is 0 Å². The smallest absolute Gasteiger partial charge is 0.257 e. The first-order valence-corrected chi connectivity index (χ1v) is 9.13. The van der Waals surface area contributed by atoms with Crippen LogP contribution >= 0.6 is 11.3 Å². The van der Waals surface area contributed by atoms with E-state index in [0.717, 1.165) is 5.56 Å². The molecule has 1 unspecified atom stereocenters. The topological polar surface area (TPSA) is 75.2 Å². The van der Waals surface area contributed by atoms with Crippen LogP contribution in [0, 0.1) is 12.7 Å². The SMILES string of the molecule is Cc1cnc2c(c1)C(=O)N(C(C(=O)Nc1nccs1)c1cccc(F)c1)C2. The minimum atomic E-state index is -0.994. The summed E-state index contributed by atoms with van der Waals surface area (Å²) in [5.41, 5.74) is 2.33. The Bertz CT molecular complexity index is 1020. The highest BCUT2D eigenvalue weighted by atomic mass is 32.1. The zero-order valence-electron chi connectivity index (χ0n) is 14.3. The third kappa shape index (κ3) is 3.31. The average molecular weight is 382 g/mol. The molecule has 0 saturated carbocycles. The van der Waals surface area contributed by atoms with Crippen LogP contribution in [0.4, 0.5) is 9.52 Å². The minimum Gasteiger partial charge on any atom is -0.316 e. The summed E-state index contributed by atoms with van der Waals surface area (Å²) in [5.74, 6) is -1.23. The van der Waals surface area contributed by atoms with E-state index < -0.39 is 17.8 Å². The Morgan fingerprint density at radius 1 is 1.33 bits per heavy atom. The van der Waals surface area contributed by atoms with Crippen molar-refractivity contribution in [2.24, 2.45) is 0 Å². The average Bonchev–Trinajstić information content (AvgIpc) is 3.25. The number of benzene rings is 1. The summed E-state index contributed by atoms with van der Waals surface area (Å²) in [6.45, 7) is 2.03. The lowest BCUT2D eigenvalue weighted by Gasteiger charge is -2.26. The summed E-state index contributed by atoms with van der Waals surface area (Å²) in [6.07, 6.45) is 3.25. The minimum absolute atomic E-state index is 0.181. The molecule has 4 rings (SSSR count). The number of hydrogen-bond acceptors (Lipinski definition) is 5. The lowest BCUT2D eigenvalue weighted by molar-refractivity contribution is -0.120. The van der Waals surface area contributed by atoms with Crippen molar-refractivity contribution in [1.82, 2.24) is 14.9 Å². The standard InChI is InChI=1S/C19H15FN4O2S/c1-11-7-14-15(22-9-11)10-24(18(14)26)16(12-3-2-4-13(20)8-12)17(25)23-19-21-5-6-27-19/h2-9,16H,10H2,1H3,(H,21,23,25). The van der Waals surface area contributed by atoms with Crippen molar-refractivity contribution in [1.29, 1.82) is 0 Å². The van der Waals surface area contributed by atoms with Crippen LogP contribution in [-0.4, -0.2) is 26.7 Å². The second kappa shape index (κ2) is 6.88. The molecular weight excluding hydrogens is 367 g/mol. The fraction of sp³-hybridized carbons (Fsp3) is 0.158. The van der Waals surface area contributed by atoms with E-state index in [2.05, 4.69) is 15.3 Å². The van der Waals surface area contributed by atoms with Crippen LogP contribution in [-0.2, 0) is 11.3 Å². The highest BCUT2D eigenvalue weighted by Gasteiger charge is 2.38. The van der Waals surface area contributed by atoms with Gasteiger partial charge in [-0.2, -0.15) is 0 Å². The van der Waals surface area contributed by atoms with Crippen LogP contribution in [0.5, 0.6) is 0 Å². The number of halogens is 1. The van der Waals surface area contributed by atoms with Gasteiger partial charge in [0.1, 0.15) is 11.9 Å². The molecule has 1 aromatic carbocycles. The van der Waals surface area contributed by atoms with Gasteiger partial charge < -0.3 is 4.90 Å². The summed E-state index contributed by atoms with van der Waals surface area (Å²) in [4.78, 5) is 35.7. The Balaban J connectivity index is 1.72. The van der Waals surface area contributed by atoms with Crippen molar-refractivity contribution >= 4 is 28.3 Å². The van der Waals surface area contributed by atoms with Gasteiger partial charge in [0.25, 0.3) is 11.8 Å². The monoisotopic (exact) mass is 382 g/mol. The summed E-state index contributed by atoms with van der Waals surface area (Å²) in [7, 11) is 0. The number of nitrogens with zero attached hydrogens (tertiary/aromatic N) is 3. The molecule has 3 heterocycles. The second-order valence-electron chi connectivity index (χ2n) is 6.22. The fourth-order valence-electron chi connectivity index (χ4n) is 3.11. The molecule has 1 aliphatic rings. The van der Waals surface area contributed by atoms with E-state index in [1.165, 1.54) is 34.4 Å². The van der Waals surface area contributed by atoms with Crippen molar-refractivity contribution in [2.75, 3.05) is 5.32 Å². The summed E-state index contributed by atoms with van der Waals surface area (Å²) in [5, 5.41) is 4.86. The largest absolute Gasteiger partial charge is 0.316 e. The number of nitrogens with one attached hydrogen (secondary N) is 1. The van der Waals surface area contributed by atoms with E-state index in [9.17, 15) is 14.0 Å². The molecule has 0 spiro atoms. The Kier molecular flexibility index (Phi) is 4.41. The number of carbonyl (C=O) groups excluding carboxylic acids is 2. The predicted molar refractivity (Wildman–Crippen MR) is 98.7 cm³/mol. The maximum Gasteiger partial charge on any atom is 0.257 e. The van der Waals surface area contributed by atoms with Gasteiger partial charge in [-0.25, -0.2) is 9.37 Å². The number of pyridine rings is 1. The van der Waals surface area contributed by atoms with Crippen LogP contribution < -0.4 is 5.32 Å². The second-order valence-corrected chi connectivity index (χ2v) is 7.12. The number of aromatic nitrogens is 2. The zero-order valence-corrected chi connectivity index (χ0v) is 15.2. The highest BCUT2D eigenvalue weighted by Crippen LogP contribution is 2.32. The van der Waals surface area contributed by atoms with Gasteiger partial charge >= 0.3 is 0 Å². The van der Waals surface area contributed by atoms with Crippen molar-refractivity contribution in [2.45, 2.75) is 19.5 Å². The molecule has 1 atom stereocenters. The van der Waals surface area contributed by atoms with Crippen LogP contribution in [0.15, 0.2) is 48.1 Å². The number of rotatable bonds is 4. The van der Waals surface area contributed by atoms with Gasteiger partial charge in [-0.3, -0.25) is 19.9 Å². The van der Waals surface area contributed by atoms with E-state index >= 15 is 0 Å². The number of aryl methyl sites for hydroxylation is 1. The first-order chi connectivity index (χ1) is 13.0. The molecule has 0 bridgehead atoms. The molecule has 1 N–H and O–H groups in total. The van der Waals surface area contributed by atoms with Crippen molar-refractivity contribution in [3.05, 3.63) is 76.3 Å². The molecule has 27 heavy (non-hydrogen) atoms. The molecule has 8 heteroatoms. The van der Waals surface area contributed by atoms with E-state index in [0.29, 0.717) is 22.0 Å². The number of carbonyl (C=O) groups is 2. The van der Waals surface area contributed by atoms with Gasteiger partial charge in [-0.1, -0.05) is 12.1 Å². The molecular formula is C19H15FN4O2S. The molecule has 6 nitrogen and oxygen atoms in total. The molecule has 2 amide bonds.